The van der Waals surface area contributed by atoms with Gasteiger partial charge in [0.2, 0.25) is 0 Å². The largest absolute Gasteiger partial charge is 0.495 e. The number of hydrogen-bond acceptors (Lipinski definition) is 4. The van der Waals surface area contributed by atoms with E-state index in [1.54, 1.807) is 19.5 Å². The number of benzene rings is 2. The molecule has 0 bridgehead atoms. The van der Waals surface area contributed by atoms with Crippen LogP contribution in [0.3, 0.4) is 0 Å². The SMILES string of the molecule is COc1cc(-c2nc3n(n2)CCC[C@H]3c2ccc(F)cc2C)ccc1-n1cnc(C)c1. The van der Waals surface area contributed by atoms with E-state index in [0.29, 0.717) is 5.82 Å². The second-order valence-electron chi connectivity index (χ2n) is 8.02. The molecule has 1 atom stereocenters. The Kier molecular flexibility index (Phi) is 4.81. The molecule has 0 aliphatic carbocycles. The molecule has 5 rings (SSSR count). The molecule has 0 spiro atoms. The first kappa shape index (κ1) is 19.5. The van der Waals surface area contributed by atoms with Crippen molar-refractivity contribution >= 4 is 0 Å². The van der Waals surface area contributed by atoms with Crippen LogP contribution in [0.25, 0.3) is 17.1 Å². The van der Waals surface area contributed by atoms with Gasteiger partial charge in [0.15, 0.2) is 5.82 Å². The van der Waals surface area contributed by atoms with Crippen LogP contribution in [-0.4, -0.2) is 31.4 Å². The van der Waals surface area contributed by atoms with Crippen molar-refractivity contribution in [3.8, 4) is 22.8 Å². The van der Waals surface area contributed by atoms with Gasteiger partial charge in [0.1, 0.15) is 17.4 Å². The van der Waals surface area contributed by atoms with E-state index in [0.717, 1.165) is 59.0 Å². The van der Waals surface area contributed by atoms with Crippen LogP contribution in [0.1, 0.15) is 41.4 Å². The van der Waals surface area contributed by atoms with E-state index < -0.39 is 0 Å². The maximum Gasteiger partial charge on any atom is 0.181 e. The molecule has 7 heteroatoms. The third kappa shape index (κ3) is 3.50. The third-order valence-corrected chi connectivity index (χ3v) is 5.91. The van der Waals surface area contributed by atoms with Crippen molar-refractivity contribution in [3.63, 3.8) is 0 Å². The molecule has 31 heavy (non-hydrogen) atoms. The average Bonchev–Trinajstić information content (AvgIpc) is 3.39. The maximum atomic E-state index is 13.6. The zero-order chi connectivity index (χ0) is 21.5. The van der Waals surface area contributed by atoms with E-state index in [9.17, 15) is 4.39 Å². The molecule has 1 aliphatic rings. The summed E-state index contributed by atoms with van der Waals surface area (Å²) in [5.74, 6) is 2.25. The van der Waals surface area contributed by atoms with Crippen LogP contribution < -0.4 is 4.74 Å². The summed E-state index contributed by atoms with van der Waals surface area (Å²) in [5, 5.41) is 4.78. The van der Waals surface area contributed by atoms with Crippen LogP contribution in [0.15, 0.2) is 48.9 Å². The molecule has 0 unspecified atom stereocenters. The van der Waals surface area contributed by atoms with E-state index >= 15 is 0 Å². The summed E-state index contributed by atoms with van der Waals surface area (Å²) in [4.78, 5) is 9.21. The maximum absolute atomic E-state index is 13.6. The molecule has 6 nitrogen and oxygen atoms in total. The highest BCUT2D eigenvalue weighted by molar-refractivity contribution is 5.63. The molecule has 3 heterocycles. The van der Waals surface area contributed by atoms with E-state index in [-0.39, 0.29) is 11.7 Å². The number of nitrogens with zero attached hydrogens (tertiary/aromatic N) is 5. The molecule has 0 saturated heterocycles. The van der Waals surface area contributed by atoms with Gasteiger partial charge in [-0.15, -0.1) is 0 Å². The second kappa shape index (κ2) is 7.65. The van der Waals surface area contributed by atoms with Gasteiger partial charge in [0.05, 0.1) is 24.8 Å². The van der Waals surface area contributed by atoms with Gasteiger partial charge in [-0.05, 0) is 68.1 Å². The Labute approximate surface area is 180 Å². The normalized spacial score (nSPS) is 15.7. The standard InChI is InChI=1S/C24H24FN5O/c1-15-11-18(25)7-8-19(15)20-5-4-10-30-24(20)27-23(28-30)17-6-9-21(22(12-17)31-3)29-13-16(2)26-14-29/h6-9,11-14,20H,4-5,10H2,1-3H3/t20-/m0/s1. The van der Waals surface area contributed by atoms with Gasteiger partial charge >= 0.3 is 0 Å². The van der Waals surface area contributed by atoms with Crippen molar-refractivity contribution in [2.75, 3.05) is 7.11 Å². The van der Waals surface area contributed by atoms with E-state index in [4.69, 9.17) is 14.8 Å². The Morgan fingerprint density at radius 1 is 1.13 bits per heavy atom. The lowest BCUT2D eigenvalue weighted by Crippen LogP contribution is -2.18. The van der Waals surface area contributed by atoms with Gasteiger partial charge in [0, 0.05) is 24.2 Å². The van der Waals surface area contributed by atoms with Crippen LogP contribution in [-0.2, 0) is 6.54 Å². The summed E-state index contributed by atoms with van der Waals surface area (Å²) in [6.07, 6.45) is 5.73. The Morgan fingerprint density at radius 2 is 2.00 bits per heavy atom. The van der Waals surface area contributed by atoms with Crippen molar-refractivity contribution in [1.82, 2.24) is 24.3 Å². The zero-order valence-electron chi connectivity index (χ0n) is 17.8. The third-order valence-electron chi connectivity index (χ3n) is 5.91. The van der Waals surface area contributed by atoms with Gasteiger partial charge in [0.25, 0.3) is 0 Å². The minimum absolute atomic E-state index is 0.116. The fourth-order valence-electron chi connectivity index (χ4n) is 4.38. The van der Waals surface area contributed by atoms with Gasteiger partial charge in [-0.3, -0.25) is 0 Å². The first-order valence-corrected chi connectivity index (χ1v) is 10.4. The molecule has 0 radical (unpaired) electrons. The molecule has 158 valence electrons. The number of halogens is 1. The molecule has 4 aromatic rings. The number of hydrogen-bond donors (Lipinski definition) is 0. The van der Waals surface area contributed by atoms with Crippen LogP contribution in [0, 0.1) is 19.7 Å². The zero-order valence-corrected chi connectivity index (χ0v) is 17.8. The second-order valence-corrected chi connectivity index (χ2v) is 8.02. The smallest absolute Gasteiger partial charge is 0.181 e. The first-order chi connectivity index (χ1) is 15.0. The minimum atomic E-state index is -0.209. The Hall–Kier alpha value is -3.48. The number of ether oxygens (including phenoxy) is 1. The highest BCUT2D eigenvalue weighted by atomic mass is 19.1. The monoisotopic (exact) mass is 417 g/mol. The van der Waals surface area contributed by atoms with Crippen molar-refractivity contribution in [2.45, 2.75) is 39.2 Å². The molecular formula is C24H24FN5O. The van der Waals surface area contributed by atoms with E-state index in [2.05, 4.69) is 4.98 Å². The Morgan fingerprint density at radius 3 is 2.74 bits per heavy atom. The van der Waals surface area contributed by atoms with Gasteiger partial charge in [-0.2, -0.15) is 5.10 Å². The summed E-state index contributed by atoms with van der Waals surface area (Å²) in [6, 6.07) is 11.0. The van der Waals surface area contributed by atoms with Crippen LogP contribution >= 0.6 is 0 Å². The van der Waals surface area contributed by atoms with Gasteiger partial charge in [-0.1, -0.05) is 6.07 Å². The van der Waals surface area contributed by atoms with Crippen LogP contribution in [0.4, 0.5) is 4.39 Å². The number of imidazole rings is 1. The fourth-order valence-corrected chi connectivity index (χ4v) is 4.38. The first-order valence-electron chi connectivity index (χ1n) is 10.4. The Balaban J connectivity index is 1.53. The Bertz CT molecular complexity index is 1260. The molecule has 0 N–H and O–H groups in total. The number of rotatable bonds is 4. The predicted octanol–water partition coefficient (Wildman–Crippen LogP) is 4.82. The van der Waals surface area contributed by atoms with Crippen molar-refractivity contribution in [3.05, 3.63) is 77.4 Å². The predicted molar refractivity (Wildman–Crippen MR) is 116 cm³/mol. The molecule has 0 amide bonds. The van der Waals surface area contributed by atoms with Gasteiger partial charge in [-0.25, -0.2) is 19.0 Å². The summed E-state index contributed by atoms with van der Waals surface area (Å²) in [6.45, 7) is 4.74. The van der Waals surface area contributed by atoms with E-state index in [1.807, 2.05) is 53.6 Å². The van der Waals surface area contributed by atoms with Crippen molar-refractivity contribution in [1.29, 1.82) is 0 Å². The fraction of sp³-hybridized carbons (Fsp3) is 0.292. The lowest BCUT2D eigenvalue weighted by Gasteiger charge is -2.23. The highest BCUT2D eigenvalue weighted by Gasteiger charge is 2.27. The molecule has 0 fully saturated rings. The van der Waals surface area contributed by atoms with Gasteiger partial charge < -0.3 is 9.30 Å². The van der Waals surface area contributed by atoms with Crippen molar-refractivity contribution in [2.24, 2.45) is 0 Å². The molecule has 2 aromatic heterocycles. The summed E-state index contributed by atoms with van der Waals surface area (Å²) in [5.41, 5.74) is 4.82. The number of methoxy groups -OCH3 is 1. The lowest BCUT2D eigenvalue weighted by molar-refractivity contribution is 0.413. The average molecular weight is 417 g/mol. The van der Waals surface area contributed by atoms with Crippen LogP contribution in [0.5, 0.6) is 5.75 Å². The minimum Gasteiger partial charge on any atom is -0.495 e. The number of fused-ring (bicyclic) bond motifs is 1. The van der Waals surface area contributed by atoms with Crippen LogP contribution in [0.2, 0.25) is 0 Å². The quantitative estimate of drug-likeness (QED) is 0.478. The van der Waals surface area contributed by atoms with Crippen molar-refractivity contribution < 1.29 is 9.13 Å². The number of aryl methyl sites for hydroxylation is 3. The lowest BCUT2D eigenvalue weighted by atomic mass is 9.88. The van der Waals surface area contributed by atoms with E-state index in [1.165, 1.54) is 6.07 Å². The summed E-state index contributed by atoms with van der Waals surface area (Å²) >= 11 is 0. The topological polar surface area (TPSA) is 57.8 Å². The molecule has 1 aliphatic heterocycles. The summed E-state index contributed by atoms with van der Waals surface area (Å²) in [7, 11) is 1.66. The molecule has 2 aromatic carbocycles. The molecule has 0 saturated carbocycles. The molecular weight excluding hydrogens is 393 g/mol. The highest BCUT2D eigenvalue weighted by Crippen LogP contribution is 2.36. The summed E-state index contributed by atoms with van der Waals surface area (Å²) < 4.78 is 23.2. The number of aromatic nitrogens is 5.